The van der Waals surface area contributed by atoms with Gasteiger partial charge < -0.3 is 24.3 Å². The highest BCUT2D eigenvalue weighted by Crippen LogP contribution is 2.37. The molecule has 2 amide bonds. The highest BCUT2D eigenvalue weighted by Gasteiger charge is 2.53. The first-order chi connectivity index (χ1) is 15.1. The number of hydrogen-bond acceptors (Lipinski definition) is 8. The first-order valence-electron chi connectivity index (χ1n) is 10.3. The molecular formula is C20H28Cl2N5O6+. The van der Waals surface area contributed by atoms with E-state index in [0.717, 1.165) is 4.90 Å². The molecule has 3 N–H and O–H groups in total. The molecule has 1 saturated carbocycles. The summed E-state index contributed by atoms with van der Waals surface area (Å²) in [5.41, 5.74) is -1.24. The van der Waals surface area contributed by atoms with Crippen molar-refractivity contribution in [2.75, 3.05) is 0 Å². The largest absolute Gasteiger partial charge is 0.443 e. The van der Waals surface area contributed by atoms with Crippen LogP contribution in [0, 0.1) is 0 Å². The van der Waals surface area contributed by atoms with Gasteiger partial charge >= 0.3 is 12.2 Å². The van der Waals surface area contributed by atoms with Gasteiger partial charge in [-0.25, -0.2) is 24.5 Å². The third kappa shape index (κ3) is 5.48. The summed E-state index contributed by atoms with van der Waals surface area (Å²) in [6.07, 6.45) is -3.03. The molecule has 2 aromatic heterocycles. The lowest BCUT2D eigenvalue weighted by atomic mass is 10.1. The Morgan fingerprint density at radius 3 is 2.18 bits per heavy atom. The molecule has 0 aliphatic heterocycles. The number of halogens is 2. The number of amides is 2. The summed E-state index contributed by atoms with van der Waals surface area (Å²) < 4.78 is 12.3. The number of aromatic nitrogens is 4. The Hall–Kier alpha value is -2.21. The Morgan fingerprint density at radius 1 is 1.12 bits per heavy atom. The summed E-state index contributed by atoms with van der Waals surface area (Å²) in [5.74, 6) is 0. The molecule has 0 saturated heterocycles. The highest BCUT2D eigenvalue weighted by molar-refractivity contribution is 6.35. The fourth-order valence-corrected chi connectivity index (χ4v) is 4.03. The van der Waals surface area contributed by atoms with Gasteiger partial charge in [0.15, 0.2) is 10.8 Å². The van der Waals surface area contributed by atoms with Gasteiger partial charge in [0.1, 0.15) is 28.9 Å². The third-order valence-corrected chi connectivity index (χ3v) is 5.31. The van der Waals surface area contributed by atoms with Crippen LogP contribution in [0.2, 0.25) is 10.4 Å². The Kier molecular flexibility index (Phi) is 6.82. The Labute approximate surface area is 200 Å². The van der Waals surface area contributed by atoms with Crippen LogP contribution in [0.25, 0.3) is 11.2 Å². The van der Waals surface area contributed by atoms with Gasteiger partial charge in [-0.3, -0.25) is 0 Å². The molecule has 3 rings (SSSR count). The van der Waals surface area contributed by atoms with Crippen molar-refractivity contribution in [3.63, 3.8) is 0 Å². The first kappa shape index (κ1) is 25.4. The van der Waals surface area contributed by atoms with Gasteiger partial charge in [0.05, 0.1) is 12.4 Å². The molecule has 2 heterocycles. The van der Waals surface area contributed by atoms with Crippen LogP contribution in [0.15, 0.2) is 6.33 Å². The molecular weight excluding hydrogens is 477 g/mol. The number of hydrogen-bond donors (Lipinski definition) is 1. The van der Waals surface area contributed by atoms with Gasteiger partial charge in [-0.05, 0) is 53.1 Å². The number of aliphatic hydroxyl groups excluding tert-OH is 1. The second-order valence-electron chi connectivity index (χ2n) is 9.82. The van der Waals surface area contributed by atoms with E-state index < -0.39 is 47.7 Å². The summed E-state index contributed by atoms with van der Waals surface area (Å²) in [6, 6.07) is -1.79. The zero-order valence-corrected chi connectivity index (χ0v) is 20.7. The standard InChI is InChI=1S/C20H27Cl2N5O6/c1-19(2,3)32-17(30)27(18(31)33-20(4,5)6)10-7-9(12(28)13(10)29)26-8-23-11-14(21)24-16(22)25-15(11)26/h8-10,12-13,28-29H,7H2,1-6H3/p+1. The minimum atomic E-state index is -1.39. The zero-order chi connectivity index (χ0) is 24.9. The number of nitrogens with zero attached hydrogens (tertiary/aromatic N) is 5. The topological polar surface area (TPSA) is 143 Å². The summed E-state index contributed by atoms with van der Waals surface area (Å²) in [7, 11) is 0. The van der Waals surface area contributed by atoms with Crippen molar-refractivity contribution in [1.29, 1.82) is 0 Å². The lowest BCUT2D eigenvalue weighted by Gasteiger charge is -2.32. The number of imidazole rings is 1. The number of ether oxygens (including phenoxy) is 2. The molecule has 33 heavy (non-hydrogen) atoms. The predicted octanol–water partition coefficient (Wildman–Crippen LogP) is 3.07. The maximum absolute atomic E-state index is 13.0. The van der Waals surface area contributed by atoms with Crippen LogP contribution in [-0.2, 0) is 9.47 Å². The number of fused-ring (bicyclic) bond motifs is 1. The first-order valence-corrected chi connectivity index (χ1v) is 11.0. The van der Waals surface area contributed by atoms with E-state index in [-0.39, 0.29) is 28.0 Å². The van der Waals surface area contributed by atoms with Crippen molar-refractivity contribution >= 4 is 46.6 Å². The van der Waals surface area contributed by atoms with Crippen molar-refractivity contribution in [3.05, 3.63) is 16.8 Å². The highest BCUT2D eigenvalue weighted by atomic mass is 35.5. The van der Waals surface area contributed by atoms with Crippen LogP contribution in [0.3, 0.4) is 0 Å². The van der Waals surface area contributed by atoms with Gasteiger partial charge in [-0.15, -0.1) is 0 Å². The monoisotopic (exact) mass is 504 g/mol. The SMILES string of the molecule is CC(C)(C)OC(=O)N(C(=O)OC(C)(C)C)C1CC(n2cnc3c(Cl)nc(Cl)nc32)C([OH2+])C1O. The van der Waals surface area contributed by atoms with Gasteiger partial charge in [0, 0.05) is 6.42 Å². The molecule has 4 unspecified atom stereocenters. The van der Waals surface area contributed by atoms with Gasteiger partial charge in [0.25, 0.3) is 0 Å². The average molecular weight is 505 g/mol. The van der Waals surface area contributed by atoms with Crippen LogP contribution >= 0.6 is 23.2 Å². The predicted molar refractivity (Wildman–Crippen MR) is 121 cm³/mol. The van der Waals surface area contributed by atoms with Crippen molar-refractivity contribution in [1.82, 2.24) is 24.4 Å². The van der Waals surface area contributed by atoms with Crippen LogP contribution in [0.5, 0.6) is 0 Å². The molecule has 4 atom stereocenters. The van der Waals surface area contributed by atoms with E-state index in [0.29, 0.717) is 0 Å². The van der Waals surface area contributed by atoms with E-state index in [4.69, 9.17) is 37.8 Å². The van der Waals surface area contributed by atoms with E-state index in [1.54, 1.807) is 41.5 Å². The smallest absolute Gasteiger partial charge is 0.420 e. The summed E-state index contributed by atoms with van der Waals surface area (Å²) in [4.78, 5) is 38.9. The van der Waals surface area contributed by atoms with Crippen LogP contribution < -0.4 is 0 Å². The van der Waals surface area contributed by atoms with Crippen molar-refractivity contribution in [3.8, 4) is 0 Å². The molecule has 0 spiro atoms. The minimum absolute atomic E-state index is 0.0263. The fraction of sp³-hybridized carbons (Fsp3) is 0.650. The number of aliphatic hydroxyl groups is 1. The normalized spacial score (nSPS) is 23.6. The molecule has 0 bridgehead atoms. The minimum Gasteiger partial charge on any atom is -0.443 e. The Morgan fingerprint density at radius 2 is 1.67 bits per heavy atom. The second-order valence-corrected chi connectivity index (χ2v) is 10.5. The zero-order valence-electron chi connectivity index (χ0n) is 19.2. The molecule has 2 aromatic rings. The molecule has 1 aliphatic carbocycles. The van der Waals surface area contributed by atoms with Gasteiger partial charge in [0.2, 0.25) is 11.4 Å². The van der Waals surface area contributed by atoms with Crippen LogP contribution in [0.4, 0.5) is 9.59 Å². The molecule has 1 fully saturated rings. The molecule has 11 nitrogen and oxygen atoms in total. The molecule has 0 radical (unpaired) electrons. The van der Waals surface area contributed by atoms with E-state index in [1.807, 2.05) is 0 Å². The lowest BCUT2D eigenvalue weighted by Crippen LogP contribution is -2.52. The number of imide groups is 1. The van der Waals surface area contributed by atoms with E-state index in [9.17, 15) is 14.7 Å². The molecule has 0 aromatic carbocycles. The molecule has 182 valence electrons. The van der Waals surface area contributed by atoms with Gasteiger partial charge in [-0.2, -0.15) is 4.98 Å². The quantitative estimate of drug-likeness (QED) is 0.373. The Bertz CT molecular complexity index is 1040. The van der Waals surface area contributed by atoms with E-state index >= 15 is 0 Å². The second kappa shape index (κ2) is 8.86. The molecule has 1 aliphatic rings. The average Bonchev–Trinajstić information content (AvgIpc) is 3.15. The molecule has 13 heteroatoms. The van der Waals surface area contributed by atoms with Crippen LogP contribution in [-0.4, -0.2) is 76.3 Å². The number of carbonyl (C=O) groups is 2. The Balaban J connectivity index is 1.99. The summed E-state index contributed by atoms with van der Waals surface area (Å²) in [5, 5.41) is 19.4. The number of rotatable bonds is 2. The van der Waals surface area contributed by atoms with E-state index in [1.165, 1.54) is 10.9 Å². The fourth-order valence-electron chi connectivity index (χ4n) is 3.61. The third-order valence-electron chi connectivity index (χ3n) is 4.88. The maximum atomic E-state index is 13.0. The number of carbonyl (C=O) groups excluding carboxylic acids is 2. The summed E-state index contributed by atoms with van der Waals surface area (Å²) in [6.45, 7) is 9.94. The lowest BCUT2D eigenvalue weighted by molar-refractivity contribution is -0.0349. The van der Waals surface area contributed by atoms with Crippen molar-refractivity contribution < 1.29 is 29.3 Å². The van der Waals surface area contributed by atoms with Crippen molar-refractivity contribution in [2.45, 2.75) is 83.5 Å². The maximum Gasteiger partial charge on any atom is 0.420 e. The summed E-state index contributed by atoms with van der Waals surface area (Å²) >= 11 is 12.0. The van der Waals surface area contributed by atoms with Crippen molar-refractivity contribution in [2.24, 2.45) is 0 Å². The van der Waals surface area contributed by atoms with E-state index in [2.05, 4.69) is 15.0 Å². The van der Waals surface area contributed by atoms with Gasteiger partial charge in [-0.1, -0.05) is 11.6 Å². The van der Waals surface area contributed by atoms with Crippen LogP contribution in [0.1, 0.15) is 54.0 Å².